The maximum absolute atomic E-state index is 12.3. The van der Waals surface area contributed by atoms with Crippen LogP contribution in [0.3, 0.4) is 0 Å². The first kappa shape index (κ1) is 16.0. The molecule has 22 heavy (non-hydrogen) atoms. The van der Waals surface area contributed by atoms with E-state index in [1.54, 1.807) is 0 Å². The van der Waals surface area contributed by atoms with Crippen molar-refractivity contribution in [1.82, 2.24) is 4.90 Å². The standard InChI is InChI=1S/C16H19NO5/c1-2-8-16(9-10-18)14(19)22-12-17(16)15(20)21-11-13-6-4-3-5-7-13/h2-7,18H,1,8-12H2. The number of aliphatic hydroxyl groups is 1. The monoisotopic (exact) mass is 305 g/mol. The molecule has 1 aromatic rings. The lowest BCUT2D eigenvalue weighted by Gasteiger charge is -2.31. The molecule has 2 rings (SSSR count). The number of carbonyl (C=O) groups is 2. The molecule has 0 aliphatic carbocycles. The van der Waals surface area contributed by atoms with Crippen molar-refractivity contribution in [3.8, 4) is 0 Å². The number of nitrogens with zero attached hydrogens (tertiary/aromatic N) is 1. The molecule has 6 nitrogen and oxygen atoms in total. The third-order valence-corrected chi connectivity index (χ3v) is 3.65. The second-order valence-electron chi connectivity index (χ2n) is 5.03. The van der Waals surface area contributed by atoms with Gasteiger partial charge in [-0.25, -0.2) is 9.59 Å². The Hall–Kier alpha value is -2.34. The Bertz CT molecular complexity index is 545. The van der Waals surface area contributed by atoms with E-state index in [1.165, 1.54) is 11.0 Å². The van der Waals surface area contributed by atoms with E-state index in [1.807, 2.05) is 30.3 Å². The molecule has 1 aliphatic heterocycles. The van der Waals surface area contributed by atoms with Gasteiger partial charge in [0, 0.05) is 13.0 Å². The van der Waals surface area contributed by atoms with Crippen LogP contribution in [0.1, 0.15) is 18.4 Å². The number of hydrogen-bond acceptors (Lipinski definition) is 5. The molecule has 1 heterocycles. The minimum absolute atomic E-state index is 0.0816. The predicted molar refractivity (Wildman–Crippen MR) is 78.7 cm³/mol. The van der Waals surface area contributed by atoms with Crippen LogP contribution < -0.4 is 0 Å². The van der Waals surface area contributed by atoms with Crippen molar-refractivity contribution in [2.75, 3.05) is 13.3 Å². The van der Waals surface area contributed by atoms with E-state index in [0.717, 1.165) is 5.56 Å². The molecule has 1 aliphatic rings. The Morgan fingerprint density at radius 3 is 2.82 bits per heavy atom. The zero-order chi connectivity index (χ0) is 16.0. The van der Waals surface area contributed by atoms with Gasteiger partial charge in [-0.1, -0.05) is 36.4 Å². The smallest absolute Gasteiger partial charge is 0.413 e. The molecule has 6 heteroatoms. The summed E-state index contributed by atoms with van der Waals surface area (Å²) in [5.74, 6) is -0.543. The highest BCUT2D eigenvalue weighted by Gasteiger charge is 2.52. The Morgan fingerprint density at radius 2 is 2.18 bits per heavy atom. The molecule has 0 radical (unpaired) electrons. The zero-order valence-corrected chi connectivity index (χ0v) is 12.2. The van der Waals surface area contributed by atoms with Crippen molar-refractivity contribution in [2.24, 2.45) is 0 Å². The number of ether oxygens (including phenoxy) is 2. The summed E-state index contributed by atoms with van der Waals surface area (Å²) in [4.78, 5) is 25.5. The fraction of sp³-hybridized carbons (Fsp3) is 0.375. The van der Waals surface area contributed by atoms with Crippen LogP contribution in [-0.4, -0.2) is 40.9 Å². The van der Waals surface area contributed by atoms with Gasteiger partial charge in [-0.2, -0.15) is 0 Å². The van der Waals surface area contributed by atoms with Gasteiger partial charge < -0.3 is 14.6 Å². The lowest BCUT2D eigenvalue weighted by atomic mass is 9.91. The van der Waals surface area contributed by atoms with Gasteiger partial charge in [0.25, 0.3) is 0 Å². The summed E-state index contributed by atoms with van der Waals surface area (Å²) in [5.41, 5.74) is -0.386. The molecule has 0 bridgehead atoms. The Balaban J connectivity index is 2.09. The SMILES string of the molecule is C=CCC1(CCO)C(=O)OCN1C(=O)OCc1ccccc1. The van der Waals surface area contributed by atoms with Crippen LogP contribution in [0.2, 0.25) is 0 Å². The van der Waals surface area contributed by atoms with E-state index in [4.69, 9.17) is 9.47 Å². The fourth-order valence-corrected chi connectivity index (χ4v) is 2.47. The van der Waals surface area contributed by atoms with Crippen LogP contribution in [0.25, 0.3) is 0 Å². The topological polar surface area (TPSA) is 76.1 Å². The quantitative estimate of drug-likeness (QED) is 0.641. The van der Waals surface area contributed by atoms with Gasteiger partial charge in [-0.3, -0.25) is 4.90 Å². The fourth-order valence-electron chi connectivity index (χ4n) is 2.47. The van der Waals surface area contributed by atoms with Crippen LogP contribution in [0, 0.1) is 0 Å². The number of hydrogen-bond donors (Lipinski definition) is 1. The lowest BCUT2D eigenvalue weighted by Crippen LogP contribution is -2.51. The molecule has 1 unspecified atom stereocenters. The average Bonchev–Trinajstić information content (AvgIpc) is 2.84. The van der Waals surface area contributed by atoms with E-state index in [0.29, 0.717) is 0 Å². The highest BCUT2D eigenvalue weighted by atomic mass is 16.6. The van der Waals surface area contributed by atoms with E-state index in [2.05, 4.69) is 6.58 Å². The first-order valence-electron chi connectivity index (χ1n) is 7.01. The van der Waals surface area contributed by atoms with Crippen molar-refractivity contribution >= 4 is 12.1 Å². The van der Waals surface area contributed by atoms with E-state index in [-0.39, 0.29) is 32.8 Å². The summed E-state index contributed by atoms with van der Waals surface area (Å²) >= 11 is 0. The number of amides is 1. The summed E-state index contributed by atoms with van der Waals surface area (Å²) in [6.45, 7) is 3.28. The first-order valence-corrected chi connectivity index (χ1v) is 7.01. The molecule has 1 saturated heterocycles. The summed E-state index contributed by atoms with van der Waals surface area (Å²) in [5, 5.41) is 9.22. The minimum atomic E-state index is -1.23. The third kappa shape index (κ3) is 3.12. The van der Waals surface area contributed by atoms with E-state index in [9.17, 15) is 14.7 Å². The number of aliphatic hydroxyl groups excluding tert-OH is 1. The van der Waals surface area contributed by atoms with Gasteiger partial charge in [0.2, 0.25) is 0 Å². The summed E-state index contributed by atoms with van der Waals surface area (Å²) in [7, 11) is 0. The van der Waals surface area contributed by atoms with E-state index >= 15 is 0 Å². The number of esters is 1. The van der Waals surface area contributed by atoms with Gasteiger partial charge >= 0.3 is 12.1 Å². The lowest BCUT2D eigenvalue weighted by molar-refractivity contribution is -0.143. The van der Waals surface area contributed by atoms with Crippen LogP contribution in [0.5, 0.6) is 0 Å². The third-order valence-electron chi connectivity index (χ3n) is 3.65. The summed E-state index contributed by atoms with van der Waals surface area (Å²) < 4.78 is 10.2. The van der Waals surface area contributed by atoms with Gasteiger partial charge in [-0.15, -0.1) is 6.58 Å². The molecular weight excluding hydrogens is 286 g/mol. The van der Waals surface area contributed by atoms with Crippen LogP contribution in [0.15, 0.2) is 43.0 Å². The molecule has 1 amide bonds. The van der Waals surface area contributed by atoms with Crippen molar-refractivity contribution in [3.05, 3.63) is 48.6 Å². The van der Waals surface area contributed by atoms with Crippen molar-refractivity contribution < 1.29 is 24.2 Å². The van der Waals surface area contributed by atoms with E-state index < -0.39 is 17.6 Å². The maximum atomic E-state index is 12.3. The second-order valence-corrected chi connectivity index (χ2v) is 5.03. The van der Waals surface area contributed by atoms with Gasteiger partial charge in [0.1, 0.15) is 6.61 Å². The molecule has 0 aromatic heterocycles. The highest BCUT2D eigenvalue weighted by Crippen LogP contribution is 2.32. The number of benzene rings is 1. The molecule has 1 fully saturated rings. The van der Waals surface area contributed by atoms with Gasteiger partial charge in [-0.05, 0) is 12.0 Å². The van der Waals surface area contributed by atoms with Crippen molar-refractivity contribution in [3.63, 3.8) is 0 Å². The van der Waals surface area contributed by atoms with Crippen LogP contribution in [0.4, 0.5) is 4.79 Å². The average molecular weight is 305 g/mol. The molecule has 1 atom stereocenters. The minimum Gasteiger partial charge on any atom is -0.444 e. The van der Waals surface area contributed by atoms with Crippen molar-refractivity contribution in [1.29, 1.82) is 0 Å². The molecular formula is C16H19NO5. The van der Waals surface area contributed by atoms with Crippen molar-refractivity contribution in [2.45, 2.75) is 25.0 Å². The molecule has 1 aromatic carbocycles. The van der Waals surface area contributed by atoms with Gasteiger partial charge in [0.05, 0.1) is 0 Å². The maximum Gasteiger partial charge on any atom is 0.413 e. The summed E-state index contributed by atoms with van der Waals surface area (Å²) in [6.07, 6.45) is 1.16. The van der Waals surface area contributed by atoms with Gasteiger partial charge in [0.15, 0.2) is 12.3 Å². The Morgan fingerprint density at radius 1 is 1.45 bits per heavy atom. The molecule has 1 N–H and O–H groups in total. The van der Waals surface area contributed by atoms with Crippen LogP contribution in [-0.2, 0) is 20.9 Å². The van der Waals surface area contributed by atoms with Crippen LogP contribution >= 0.6 is 0 Å². The first-order chi connectivity index (χ1) is 10.6. The number of carbonyl (C=O) groups excluding carboxylic acids is 2. The normalized spacial score (nSPS) is 20.6. The highest BCUT2D eigenvalue weighted by molar-refractivity contribution is 5.88. The molecule has 0 spiro atoms. The number of cyclic esters (lactones) is 1. The Kier molecular flexibility index (Phi) is 5.16. The largest absolute Gasteiger partial charge is 0.444 e. The zero-order valence-electron chi connectivity index (χ0n) is 12.2. The number of rotatable bonds is 6. The second kappa shape index (κ2) is 7.09. The Labute approximate surface area is 128 Å². The molecule has 118 valence electrons. The molecule has 0 saturated carbocycles. The predicted octanol–water partition coefficient (Wildman–Crippen LogP) is 1.84. The summed E-state index contributed by atoms with van der Waals surface area (Å²) in [6, 6.07) is 9.24.